The monoisotopic (exact) mass is 217 g/mol. The molecule has 0 aliphatic rings. The van der Waals surface area contributed by atoms with Gasteiger partial charge in [0.25, 0.3) is 0 Å². The maximum Gasteiger partial charge on any atom is 0.109 e. The van der Waals surface area contributed by atoms with Crippen molar-refractivity contribution in [1.82, 2.24) is 14.8 Å². The number of hydrogen-bond acceptors (Lipinski definition) is 3. The van der Waals surface area contributed by atoms with Crippen molar-refractivity contribution in [3.63, 3.8) is 0 Å². The van der Waals surface area contributed by atoms with Crippen LogP contribution in [0.15, 0.2) is 24.7 Å². The van der Waals surface area contributed by atoms with E-state index in [1.165, 1.54) is 0 Å². The number of pyridine rings is 1. The Morgan fingerprint density at radius 2 is 2.00 bits per heavy atom. The summed E-state index contributed by atoms with van der Waals surface area (Å²) in [6.45, 7) is 3.91. The molecule has 4 nitrogen and oxygen atoms in total. The summed E-state index contributed by atoms with van der Waals surface area (Å²) in [4.78, 5) is 4.04. The first-order valence-electron chi connectivity index (χ1n) is 5.18. The zero-order valence-corrected chi connectivity index (χ0v) is 9.68. The zero-order valence-electron chi connectivity index (χ0n) is 9.68. The quantitative estimate of drug-likeness (QED) is 0.829. The molecule has 2 rings (SSSR count). The number of nitrogens with zero attached hydrogens (tertiary/aromatic N) is 3. The van der Waals surface area contributed by atoms with Gasteiger partial charge in [-0.25, -0.2) is 0 Å². The van der Waals surface area contributed by atoms with Gasteiger partial charge in [0, 0.05) is 36.3 Å². The lowest BCUT2D eigenvalue weighted by atomic mass is 10.0. The molecule has 0 spiro atoms. The van der Waals surface area contributed by atoms with E-state index in [9.17, 15) is 5.11 Å². The molecule has 1 N–H and O–H groups in total. The molecule has 0 aliphatic heterocycles. The summed E-state index contributed by atoms with van der Waals surface area (Å²) in [7, 11) is 1.86. The summed E-state index contributed by atoms with van der Waals surface area (Å²) in [6.07, 6.45) is 4.47. The first-order valence-corrected chi connectivity index (χ1v) is 5.18. The summed E-state index contributed by atoms with van der Waals surface area (Å²) in [5, 5.41) is 14.4. The van der Waals surface area contributed by atoms with Gasteiger partial charge in [0.1, 0.15) is 6.10 Å². The molecule has 1 unspecified atom stereocenters. The molecule has 4 heteroatoms. The predicted octanol–water partition coefficient (Wildman–Crippen LogP) is 1.51. The fourth-order valence-electron chi connectivity index (χ4n) is 1.71. The van der Waals surface area contributed by atoms with Crippen molar-refractivity contribution < 1.29 is 5.11 Å². The Morgan fingerprint density at radius 1 is 1.25 bits per heavy atom. The Bertz CT molecular complexity index is 505. The topological polar surface area (TPSA) is 50.9 Å². The van der Waals surface area contributed by atoms with Crippen LogP contribution in [-0.2, 0) is 7.05 Å². The van der Waals surface area contributed by atoms with Gasteiger partial charge < -0.3 is 5.11 Å². The van der Waals surface area contributed by atoms with E-state index in [0.29, 0.717) is 0 Å². The van der Waals surface area contributed by atoms with E-state index in [4.69, 9.17) is 0 Å². The van der Waals surface area contributed by atoms with Crippen LogP contribution < -0.4 is 0 Å². The molecule has 0 amide bonds. The molecule has 2 aromatic heterocycles. The zero-order chi connectivity index (χ0) is 11.7. The van der Waals surface area contributed by atoms with Gasteiger partial charge >= 0.3 is 0 Å². The summed E-state index contributed by atoms with van der Waals surface area (Å²) >= 11 is 0. The third-order valence-corrected chi connectivity index (χ3v) is 2.94. The van der Waals surface area contributed by atoms with Crippen LogP contribution in [0.4, 0.5) is 0 Å². The van der Waals surface area contributed by atoms with Gasteiger partial charge in [0.2, 0.25) is 0 Å². The highest BCUT2D eigenvalue weighted by Crippen LogP contribution is 2.25. The van der Waals surface area contributed by atoms with Crippen molar-refractivity contribution in [2.75, 3.05) is 0 Å². The second-order valence-electron chi connectivity index (χ2n) is 3.94. The second-order valence-corrected chi connectivity index (χ2v) is 3.94. The minimum atomic E-state index is -0.651. The minimum Gasteiger partial charge on any atom is -0.383 e. The Balaban J connectivity index is 2.43. The molecule has 0 radical (unpaired) electrons. The van der Waals surface area contributed by atoms with Crippen LogP contribution in [-0.4, -0.2) is 19.9 Å². The molecule has 2 heterocycles. The highest BCUT2D eigenvalue weighted by atomic mass is 16.3. The Hall–Kier alpha value is -1.68. The lowest BCUT2D eigenvalue weighted by Crippen LogP contribution is -2.04. The van der Waals surface area contributed by atoms with Gasteiger partial charge in [-0.05, 0) is 25.5 Å². The maximum atomic E-state index is 10.3. The number of hydrogen-bond donors (Lipinski definition) is 1. The van der Waals surface area contributed by atoms with E-state index < -0.39 is 6.10 Å². The average molecular weight is 217 g/mol. The van der Waals surface area contributed by atoms with E-state index in [1.807, 2.05) is 27.0 Å². The van der Waals surface area contributed by atoms with E-state index in [2.05, 4.69) is 10.1 Å². The molecular weight excluding hydrogens is 202 g/mol. The average Bonchev–Trinajstić information content (AvgIpc) is 2.60. The summed E-state index contributed by atoms with van der Waals surface area (Å²) in [5.74, 6) is 0. The van der Waals surface area contributed by atoms with E-state index >= 15 is 0 Å². The van der Waals surface area contributed by atoms with Crippen molar-refractivity contribution in [2.24, 2.45) is 7.05 Å². The van der Waals surface area contributed by atoms with Gasteiger partial charge in [0.05, 0.1) is 6.20 Å². The molecule has 0 bridgehead atoms. The normalized spacial score (nSPS) is 12.8. The van der Waals surface area contributed by atoms with Crippen LogP contribution in [0.25, 0.3) is 0 Å². The smallest absolute Gasteiger partial charge is 0.109 e. The number of aliphatic hydroxyl groups excluding tert-OH is 1. The van der Waals surface area contributed by atoms with Crippen molar-refractivity contribution in [2.45, 2.75) is 20.0 Å². The number of aromatic nitrogens is 3. The molecule has 0 saturated heterocycles. The van der Waals surface area contributed by atoms with Gasteiger partial charge in [-0.1, -0.05) is 0 Å². The number of aryl methyl sites for hydroxylation is 2. The standard InChI is InChI=1S/C12H15N3O/c1-8-4-5-13-6-10(8)12(16)11-7-14-15(3)9(11)2/h4-7,12,16H,1-3H3. The van der Waals surface area contributed by atoms with Crippen LogP contribution >= 0.6 is 0 Å². The fraction of sp³-hybridized carbons (Fsp3) is 0.333. The third-order valence-electron chi connectivity index (χ3n) is 2.94. The molecule has 0 aliphatic carbocycles. The van der Waals surface area contributed by atoms with E-state index in [1.54, 1.807) is 23.3 Å². The Morgan fingerprint density at radius 3 is 2.56 bits per heavy atom. The van der Waals surface area contributed by atoms with Gasteiger partial charge in [-0.3, -0.25) is 9.67 Å². The molecule has 0 fully saturated rings. The van der Waals surface area contributed by atoms with Gasteiger partial charge in [-0.15, -0.1) is 0 Å². The lowest BCUT2D eigenvalue weighted by molar-refractivity contribution is 0.218. The molecular formula is C12H15N3O. The van der Waals surface area contributed by atoms with Gasteiger partial charge in [0.15, 0.2) is 0 Å². The SMILES string of the molecule is Cc1ccncc1C(O)c1cnn(C)c1C. The van der Waals surface area contributed by atoms with E-state index in [0.717, 1.165) is 22.4 Å². The molecule has 1 atom stereocenters. The van der Waals surface area contributed by atoms with Crippen LogP contribution in [0.3, 0.4) is 0 Å². The van der Waals surface area contributed by atoms with Crippen molar-refractivity contribution in [1.29, 1.82) is 0 Å². The second kappa shape index (κ2) is 4.06. The molecule has 84 valence electrons. The molecule has 0 saturated carbocycles. The lowest BCUT2D eigenvalue weighted by Gasteiger charge is -2.12. The Kier molecular flexibility index (Phi) is 2.75. The Labute approximate surface area is 94.6 Å². The first-order chi connectivity index (χ1) is 7.61. The number of aliphatic hydroxyl groups is 1. The third kappa shape index (κ3) is 1.72. The van der Waals surface area contributed by atoms with Crippen molar-refractivity contribution in [3.05, 3.63) is 47.0 Å². The highest BCUT2D eigenvalue weighted by Gasteiger charge is 2.17. The molecule has 0 aromatic carbocycles. The van der Waals surface area contributed by atoms with E-state index in [-0.39, 0.29) is 0 Å². The van der Waals surface area contributed by atoms with Crippen LogP contribution in [0.1, 0.15) is 28.5 Å². The van der Waals surface area contributed by atoms with Crippen LogP contribution in [0.5, 0.6) is 0 Å². The van der Waals surface area contributed by atoms with Crippen LogP contribution in [0.2, 0.25) is 0 Å². The van der Waals surface area contributed by atoms with Crippen molar-refractivity contribution >= 4 is 0 Å². The van der Waals surface area contributed by atoms with Gasteiger partial charge in [-0.2, -0.15) is 5.10 Å². The first kappa shape index (κ1) is 10.8. The summed E-state index contributed by atoms with van der Waals surface area (Å²) < 4.78 is 1.75. The summed E-state index contributed by atoms with van der Waals surface area (Å²) in [6, 6.07) is 1.89. The maximum absolute atomic E-state index is 10.3. The predicted molar refractivity (Wildman–Crippen MR) is 61.0 cm³/mol. The molecule has 16 heavy (non-hydrogen) atoms. The minimum absolute atomic E-state index is 0.651. The fourth-order valence-corrected chi connectivity index (χ4v) is 1.71. The number of rotatable bonds is 2. The highest BCUT2D eigenvalue weighted by molar-refractivity contribution is 5.33. The largest absolute Gasteiger partial charge is 0.383 e. The van der Waals surface area contributed by atoms with Crippen LogP contribution in [0, 0.1) is 13.8 Å². The summed E-state index contributed by atoms with van der Waals surface area (Å²) in [5.41, 5.74) is 3.67. The molecule has 2 aromatic rings. The van der Waals surface area contributed by atoms with Crippen molar-refractivity contribution in [3.8, 4) is 0 Å².